The predicted octanol–water partition coefficient (Wildman–Crippen LogP) is 2.53. The quantitative estimate of drug-likeness (QED) is 0.479. The number of ether oxygens (including phenoxy) is 1. The van der Waals surface area contributed by atoms with E-state index in [-0.39, 0.29) is 12.5 Å². The zero-order chi connectivity index (χ0) is 17.6. The lowest BCUT2D eigenvalue weighted by molar-refractivity contribution is -0.152. The fraction of sp³-hybridized carbons (Fsp3) is 0.625. The van der Waals surface area contributed by atoms with Crippen LogP contribution in [0.2, 0.25) is 0 Å². The zero-order valence-electron chi connectivity index (χ0n) is 14.8. The summed E-state index contributed by atoms with van der Waals surface area (Å²) in [5.74, 6) is 0.346. The Morgan fingerprint density at radius 2 is 2.13 bits per heavy atom. The van der Waals surface area contributed by atoms with E-state index in [1.807, 2.05) is 52.9 Å². The van der Waals surface area contributed by atoms with Gasteiger partial charge in [-0.25, -0.2) is 4.99 Å². The minimum absolute atomic E-state index is 0.000769. The fourth-order valence-corrected chi connectivity index (χ4v) is 2.60. The van der Waals surface area contributed by atoms with Crippen LogP contribution >= 0.6 is 15.9 Å². The minimum atomic E-state index is -0.494. The van der Waals surface area contributed by atoms with Crippen LogP contribution in [0.5, 0.6) is 0 Å². The van der Waals surface area contributed by atoms with E-state index in [4.69, 9.17) is 4.74 Å². The molecule has 6 nitrogen and oxygen atoms in total. The predicted molar refractivity (Wildman–Crippen MR) is 96.4 cm³/mol. The molecule has 0 aliphatic heterocycles. The Bertz CT molecular complexity index is 561. The van der Waals surface area contributed by atoms with Crippen LogP contribution in [0, 0.1) is 0 Å². The molecule has 7 heteroatoms. The summed E-state index contributed by atoms with van der Waals surface area (Å²) < 4.78 is 8.38. The van der Waals surface area contributed by atoms with Gasteiger partial charge in [0.25, 0.3) is 0 Å². The van der Waals surface area contributed by atoms with Gasteiger partial charge in [-0.1, -0.05) is 0 Å². The van der Waals surface area contributed by atoms with E-state index in [1.54, 1.807) is 0 Å². The van der Waals surface area contributed by atoms with Gasteiger partial charge in [0.15, 0.2) is 5.96 Å². The number of aromatic nitrogens is 1. The van der Waals surface area contributed by atoms with Gasteiger partial charge in [0.2, 0.25) is 0 Å². The van der Waals surface area contributed by atoms with E-state index >= 15 is 0 Å². The van der Waals surface area contributed by atoms with Gasteiger partial charge in [0.1, 0.15) is 12.1 Å². The number of carbonyl (C=O) groups excluding carboxylic acids is 1. The maximum atomic E-state index is 11.8. The first-order valence-electron chi connectivity index (χ1n) is 7.64. The average Bonchev–Trinajstić information content (AvgIpc) is 2.70. The third-order valence-electron chi connectivity index (χ3n) is 2.95. The Balaban J connectivity index is 2.74. The third-order valence-corrected chi connectivity index (χ3v) is 3.38. The van der Waals surface area contributed by atoms with Gasteiger partial charge < -0.3 is 19.5 Å². The van der Waals surface area contributed by atoms with Crippen molar-refractivity contribution in [3.63, 3.8) is 0 Å². The topological polar surface area (TPSA) is 58.9 Å². The van der Waals surface area contributed by atoms with Gasteiger partial charge in [-0.05, 0) is 49.7 Å². The molecular weight excluding hydrogens is 360 g/mol. The molecule has 1 N–H and O–H groups in total. The number of carbonyl (C=O) groups is 1. The molecule has 0 aliphatic rings. The first kappa shape index (κ1) is 19.5. The summed E-state index contributed by atoms with van der Waals surface area (Å²) in [6.45, 7) is 8.95. The lowest BCUT2D eigenvalue weighted by Gasteiger charge is -2.23. The number of rotatable bonds is 5. The number of halogens is 1. The van der Waals surface area contributed by atoms with Crippen molar-refractivity contribution < 1.29 is 9.53 Å². The first-order chi connectivity index (χ1) is 10.6. The van der Waals surface area contributed by atoms with Gasteiger partial charge in [0, 0.05) is 37.0 Å². The Hall–Kier alpha value is -1.50. The van der Waals surface area contributed by atoms with Crippen LogP contribution < -0.4 is 5.32 Å². The van der Waals surface area contributed by atoms with Crippen molar-refractivity contribution in [3.05, 3.63) is 22.4 Å². The molecule has 0 amide bonds. The highest BCUT2D eigenvalue weighted by Gasteiger charge is 2.16. The van der Waals surface area contributed by atoms with Crippen molar-refractivity contribution >= 4 is 27.9 Å². The first-order valence-corrected chi connectivity index (χ1v) is 8.43. The highest BCUT2D eigenvalue weighted by atomic mass is 79.9. The standard InChI is InChI=1S/C16H27BrN4O2/c1-7-18-15(19-9-14(22)23-16(2,3)4)21(6)11-13-8-12(17)10-20(13)5/h8,10H,7,9,11H2,1-6H3,(H,18,19). The number of nitrogens with one attached hydrogen (secondary N) is 1. The number of aryl methyl sites for hydroxylation is 1. The third kappa shape index (κ3) is 7.07. The normalized spacial score (nSPS) is 12.2. The lowest BCUT2D eigenvalue weighted by atomic mass is 10.2. The highest BCUT2D eigenvalue weighted by Crippen LogP contribution is 2.15. The molecule has 1 rings (SSSR count). The summed E-state index contributed by atoms with van der Waals surface area (Å²) in [5, 5.41) is 3.19. The van der Waals surface area contributed by atoms with E-state index in [2.05, 4.69) is 36.9 Å². The van der Waals surface area contributed by atoms with Crippen molar-refractivity contribution in [2.75, 3.05) is 20.1 Å². The second kappa shape index (κ2) is 8.38. The number of nitrogens with zero attached hydrogens (tertiary/aromatic N) is 3. The molecule has 23 heavy (non-hydrogen) atoms. The summed E-state index contributed by atoms with van der Waals surface area (Å²) in [7, 11) is 3.94. The average molecular weight is 387 g/mol. The molecule has 0 aromatic carbocycles. The largest absolute Gasteiger partial charge is 0.459 e. The molecule has 0 unspecified atom stereocenters. The number of esters is 1. The SMILES string of the molecule is CCNC(=NCC(=O)OC(C)(C)C)N(C)Cc1cc(Br)cn1C. The molecule has 1 aromatic heterocycles. The van der Waals surface area contributed by atoms with Crippen LogP contribution in [0.1, 0.15) is 33.4 Å². The molecular formula is C16H27BrN4O2. The lowest BCUT2D eigenvalue weighted by Crippen LogP contribution is -2.39. The molecule has 0 saturated heterocycles. The summed E-state index contributed by atoms with van der Waals surface area (Å²) in [5.41, 5.74) is 0.647. The van der Waals surface area contributed by atoms with Crippen LogP contribution in [0.25, 0.3) is 0 Å². The van der Waals surface area contributed by atoms with Gasteiger partial charge in [-0.3, -0.25) is 4.79 Å². The summed E-state index contributed by atoms with van der Waals surface area (Å²) in [6.07, 6.45) is 2.01. The smallest absolute Gasteiger partial charge is 0.328 e. The number of aliphatic imine (C=N–C) groups is 1. The Morgan fingerprint density at radius 1 is 1.48 bits per heavy atom. The molecule has 1 aromatic rings. The number of hydrogen-bond acceptors (Lipinski definition) is 3. The van der Waals surface area contributed by atoms with E-state index in [1.165, 1.54) is 0 Å². The molecule has 0 radical (unpaired) electrons. The zero-order valence-corrected chi connectivity index (χ0v) is 16.4. The van der Waals surface area contributed by atoms with Crippen LogP contribution in [0.4, 0.5) is 0 Å². The van der Waals surface area contributed by atoms with Crippen LogP contribution in [-0.2, 0) is 23.1 Å². The molecule has 0 spiro atoms. The van der Waals surface area contributed by atoms with Gasteiger partial charge >= 0.3 is 5.97 Å². The minimum Gasteiger partial charge on any atom is -0.459 e. The van der Waals surface area contributed by atoms with Crippen molar-refractivity contribution in [2.45, 2.75) is 39.8 Å². The highest BCUT2D eigenvalue weighted by molar-refractivity contribution is 9.10. The molecule has 1 heterocycles. The molecule has 0 fully saturated rings. The van der Waals surface area contributed by atoms with Crippen molar-refractivity contribution in [1.82, 2.24) is 14.8 Å². The maximum absolute atomic E-state index is 11.8. The van der Waals surface area contributed by atoms with E-state index < -0.39 is 5.60 Å². The van der Waals surface area contributed by atoms with E-state index in [9.17, 15) is 4.79 Å². The number of hydrogen-bond donors (Lipinski definition) is 1. The van der Waals surface area contributed by atoms with Crippen LogP contribution in [0.3, 0.4) is 0 Å². The van der Waals surface area contributed by atoms with Crippen molar-refractivity contribution in [1.29, 1.82) is 0 Å². The van der Waals surface area contributed by atoms with Crippen molar-refractivity contribution in [3.8, 4) is 0 Å². The number of guanidine groups is 1. The van der Waals surface area contributed by atoms with E-state index in [0.29, 0.717) is 12.5 Å². The van der Waals surface area contributed by atoms with Crippen LogP contribution in [0.15, 0.2) is 21.7 Å². The Labute approximate surface area is 147 Å². The summed E-state index contributed by atoms with van der Waals surface area (Å²) in [6, 6.07) is 2.06. The van der Waals surface area contributed by atoms with Gasteiger partial charge in [-0.15, -0.1) is 0 Å². The van der Waals surface area contributed by atoms with Crippen LogP contribution in [-0.4, -0.2) is 47.1 Å². The second-order valence-corrected chi connectivity index (χ2v) is 7.29. The summed E-state index contributed by atoms with van der Waals surface area (Å²) >= 11 is 3.47. The van der Waals surface area contributed by atoms with Gasteiger partial charge in [0.05, 0.1) is 6.54 Å². The van der Waals surface area contributed by atoms with Gasteiger partial charge in [-0.2, -0.15) is 0 Å². The Kier molecular flexibility index (Phi) is 7.12. The molecule has 0 saturated carbocycles. The molecule has 130 valence electrons. The monoisotopic (exact) mass is 386 g/mol. The second-order valence-electron chi connectivity index (χ2n) is 6.37. The molecule has 0 aliphatic carbocycles. The molecule has 0 atom stereocenters. The Morgan fingerprint density at radius 3 is 2.61 bits per heavy atom. The fourth-order valence-electron chi connectivity index (χ4n) is 2.02. The summed E-state index contributed by atoms with van der Waals surface area (Å²) in [4.78, 5) is 18.2. The maximum Gasteiger partial charge on any atom is 0.328 e. The van der Waals surface area contributed by atoms with Crippen molar-refractivity contribution in [2.24, 2.45) is 12.0 Å². The van der Waals surface area contributed by atoms with E-state index in [0.717, 1.165) is 16.7 Å². The molecule has 0 bridgehead atoms.